The fourth-order valence-electron chi connectivity index (χ4n) is 8.55. The van der Waals surface area contributed by atoms with Crippen molar-refractivity contribution in [2.24, 2.45) is 0 Å². The number of fused-ring (bicyclic) bond motifs is 7. The number of aromatic nitrogens is 5. The molecule has 0 bridgehead atoms. The Bertz CT molecular complexity index is 3410. The van der Waals surface area contributed by atoms with Crippen molar-refractivity contribution in [1.82, 2.24) is 23.9 Å². The number of benzene rings is 8. The molecule has 5 nitrogen and oxygen atoms in total. The highest BCUT2D eigenvalue weighted by atomic mass is 15.1. The predicted octanol–water partition coefficient (Wildman–Crippen LogP) is 11.8. The Hall–Kier alpha value is -7.11. The Kier molecular flexibility index (Phi) is 5.44. The van der Waals surface area contributed by atoms with Crippen LogP contribution in [0.4, 0.5) is 0 Å². The number of imidazole rings is 1. The third-order valence-corrected chi connectivity index (χ3v) is 10.8. The van der Waals surface area contributed by atoms with Crippen molar-refractivity contribution < 1.29 is 0 Å². The van der Waals surface area contributed by atoms with E-state index in [1.54, 1.807) is 0 Å². The van der Waals surface area contributed by atoms with E-state index in [0.29, 0.717) is 5.82 Å². The minimum absolute atomic E-state index is 0.700. The average molecular weight is 662 g/mol. The Morgan fingerprint density at radius 3 is 2.02 bits per heavy atom. The van der Waals surface area contributed by atoms with Crippen molar-refractivity contribution in [2.45, 2.75) is 0 Å². The monoisotopic (exact) mass is 661 g/mol. The van der Waals surface area contributed by atoms with Crippen LogP contribution in [0, 0.1) is 0 Å². The molecule has 5 heteroatoms. The summed E-state index contributed by atoms with van der Waals surface area (Å²) in [6.45, 7) is 0. The summed E-state index contributed by atoms with van der Waals surface area (Å²) >= 11 is 0. The summed E-state index contributed by atoms with van der Waals surface area (Å²) in [6, 6.07) is 58.2. The van der Waals surface area contributed by atoms with Crippen LogP contribution in [0.1, 0.15) is 0 Å². The van der Waals surface area contributed by atoms with E-state index in [2.05, 4.69) is 173 Å². The Morgan fingerprint density at radius 2 is 1.12 bits per heavy atom. The van der Waals surface area contributed by atoms with Gasteiger partial charge in [0.25, 0.3) is 0 Å². The van der Waals surface area contributed by atoms with Gasteiger partial charge in [-0.2, -0.15) is 0 Å². The number of para-hydroxylation sites is 1. The molecule has 0 radical (unpaired) electrons. The quantitative estimate of drug-likeness (QED) is 0.177. The zero-order chi connectivity index (χ0) is 33.9. The van der Waals surface area contributed by atoms with Crippen molar-refractivity contribution in [2.75, 3.05) is 0 Å². The third-order valence-electron chi connectivity index (χ3n) is 10.8. The van der Waals surface area contributed by atoms with Crippen molar-refractivity contribution in [3.05, 3.63) is 164 Å². The smallest absolute Gasteiger partial charge is 0.162 e. The van der Waals surface area contributed by atoms with Gasteiger partial charge in [0, 0.05) is 38.1 Å². The van der Waals surface area contributed by atoms with Crippen LogP contribution in [0.2, 0.25) is 0 Å². The lowest BCUT2D eigenvalue weighted by molar-refractivity contribution is 1.08. The molecule has 12 aromatic rings. The highest BCUT2D eigenvalue weighted by molar-refractivity contribution is 6.30. The summed E-state index contributed by atoms with van der Waals surface area (Å²) in [7, 11) is 0. The van der Waals surface area contributed by atoms with Crippen LogP contribution in [-0.2, 0) is 0 Å². The summed E-state index contributed by atoms with van der Waals surface area (Å²) < 4.78 is 4.74. The van der Waals surface area contributed by atoms with Gasteiger partial charge in [-0.15, -0.1) is 0 Å². The van der Waals surface area contributed by atoms with E-state index < -0.39 is 0 Å². The molecule has 0 atom stereocenters. The number of hydrogen-bond donors (Lipinski definition) is 0. The molecule has 0 aliphatic rings. The van der Waals surface area contributed by atoms with Crippen LogP contribution in [0.3, 0.4) is 0 Å². The van der Waals surface area contributed by atoms with E-state index in [1.165, 1.54) is 26.9 Å². The number of rotatable bonds is 3. The van der Waals surface area contributed by atoms with Gasteiger partial charge in [-0.25, -0.2) is 15.0 Å². The summed E-state index contributed by atoms with van der Waals surface area (Å²) in [6.07, 6.45) is 0. The van der Waals surface area contributed by atoms with Crippen molar-refractivity contribution in [3.8, 4) is 28.6 Å². The number of nitrogens with zero attached hydrogens (tertiary/aromatic N) is 5. The van der Waals surface area contributed by atoms with Gasteiger partial charge in [0.2, 0.25) is 0 Å². The lowest BCUT2D eigenvalue weighted by Gasteiger charge is -2.14. The van der Waals surface area contributed by atoms with Gasteiger partial charge in [0.05, 0.1) is 33.1 Å². The van der Waals surface area contributed by atoms with Crippen LogP contribution in [0.25, 0.3) is 110 Å². The maximum absolute atomic E-state index is 5.50. The molecule has 4 heterocycles. The molecule has 12 rings (SSSR count). The van der Waals surface area contributed by atoms with E-state index in [0.717, 1.165) is 77.4 Å². The van der Waals surface area contributed by atoms with Crippen LogP contribution >= 0.6 is 0 Å². The second-order valence-electron chi connectivity index (χ2n) is 13.6. The second-order valence-corrected chi connectivity index (χ2v) is 13.6. The van der Waals surface area contributed by atoms with Gasteiger partial charge in [-0.3, -0.25) is 8.97 Å². The first-order valence-electron chi connectivity index (χ1n) is 17.6. The third kappa shape index (κ3) is 3.69. The molecular weight excluding hydrogens is 635 g/mol. The van der Waals surface area contributed by atoms with Gasteiger partial charge in [-0.05, 0) is 57.9 Å². The topological polar surface area (TPSA) is 48.0 Å². The molecule has 0 saturated heterocycles. The molecule has 0 aliphatic carbocycles. The van der Waals surface area contributed by atoms with Gasteiger partial charge < -0.3 is 0 Å². The molecule has 0 aliphatic heterocycles. The number of hydrogen-bond acceptors (Lipinski definition) is 3. The normalized spacial score (nSPS) is 12.2. The van der Waals surface area contributed by atoms with E-state index in [-0.39, 0.29) is 0 Å². The zero-order valence-corrected chi connectivity index (χ0v) is 27.8. The Balaban J connectivity index is 1.28. The van der Waals surface area contributed by atoms with E-state index in [4.69, 9.17) is 15.0 Å². The maximum atomic E-state index is 5.50. The first-order valence-corrected chi connectivity index (χ1v) is 17.6. The SMILES string of the molecule is c1ccc(-c2nc3ccc4c5c6c(cccc6n4-c4nc(-c6ccc7ccccc7c6)nc6c4ccc4ccccc46)c4ccccc4n2c35)cc1. The highest BCUT2D eigenvalue weighted by Crippen LogP contribution is 2.44. The second kappa shape index (κ2) is 10.2. The van der Waals surface area contributed by atoms with Crippen molar-refractivity contribution in [3.63, 3.8) is 0 Å². The van der Waals surface area contributed by atoms with Crippen LogP contribution in [-0.4, -0.2) is 23.9 Å². The first kappa shape index (κ1) is 27.7. The highest BCUT2D eigenvalue weighted by Gasteiger charge is 2.25. The first-order chi connectivity index (χ1) is 25.8. The largest absolute Gasteiger partial charge is 0.293 e. The van der Waals surface area contributed by atoms with E-state index in [9.17, 15) is 0 Å². The molecule has 0 saturated carbocycles. The van der Waals surface area contributed by atoms with Gasteiger partial charge in [-0.1, -0.05) is 127 Å². The summed E-state index contributed by atoms with van der Waals surface area (Å²) in [4.78, 5) is 16.1. The van der Waals surface area contributed by atoms with Crippen LogP contribution < -0.4 is 0 Å². The molecule has 0 amide bonds. The summed E-state index contributed by atoms with van der Waals surface area (Å²) in [5.41, 5.74) is 8.39. The van der Waals surface area contributed by atoms with E-state index >= 15 is 0 Å². The van der Waals surface area contributed by atoms with Gasteiger partial charge in [0.15, 0.2) is 5.82 Å². The average Bonchev–Trinajstić information content (AvgIpc) is 3.73. The predicted molar refractivity (Wildman–Crippen MR) is 215 cm³/mol. The fraction of sp³-hybridized carbons (Fsp3) is 0. The Labute approximate surface area is 297 Å². The van der Waals surface area contributed by atoms with Gasteiger partial charge in [0.1, 0.15) is 11.6 Å². The summed E-state index contributed by atoms with van der Waals surface area (Å²) in [5.74, 6) is 2.49. The lowest BCUT2D eigenvalue weighted by Crippen LogP contribution is -2.03. The minimum atomic E-state index is 0.700. The molecule has 4 aromatic heterocycles. The minimum Gasteiger partial charge on any atom is -0.293 e. The van der Waals surface area contributed by atoms with Crippen molar-refractivity contribution >= 4 is 81.6 Å². The molecule has 0 unspecified atom stereocenters. The van der Waals surface area contributed by atoms with Gasteiger partial charge >= 0.3 is 0 Å². The Morgan fingerprint density at radius 1 is 0.404 bits per heavy atom. The van der Waals surface area contributed by atoms with E-state index in [1.807, 2.05) is 0 Å². The standard InChI is InChI=1S/C47H27N5/c1-2-13-30(14-3-1)46-48-37-25-26-40-42-41-35(34-17-8-9-19-38(34)52(46)44(37)42)18-10-20-39(41)51(40)47-36-24-23-29-12-6-7-16-33(29)43(36)49-45(50-47)32-22-21-28-11-4-5-15-31(28)27-32/h1-27H. The molecule has 240 valence electrons. The maximum Gasteiger partial charge on any atom is 0.162 e. The molecule has 0 fully saturated rings. The molecule has 8 aromatic carbocycles. The fourth-order valence-corrected chi connectivity index (χ4v) is 8.55. The zero-order valence-electron chi connectivity index (χ0n) is 27.8. The molecular formula is C47H27N5. The molecule has 52 heavy (non-hydrogen) atoms. The summed E-state index contributed by atoms with van der Waals surface area (Å²) in [5, 5.41) is 10.4. The molecule has 0 spiro atoms. The van der Waals surface area contributed by atoms with Crippen LogP contribution in [0.15, 0.2) is 164 Å². The molecule has 0 N–H and O–H groups in total. The van der Waals surface area contributed by atoms with Crippen LogP contribution in [0.5, 0.6) is 0 Å². The lowest BCUT2D eigenvalue weighted by atomic mass is 10.0. The van der Waals surface area contributed by atoms with Crippen molar-refractivity contribution in [1.29, 1.82) is 0 Å².